The van der Waals surface area contributed by atoms with Crippen molar-refractivity contribution in [1.29, 1.82) is 0 Å². The normalized spacial score (nSPS) is 13.5. The smallest absolute Gasteiger partial charge is 0.275 e. The number of nitrogens with one attached hydrogen (secondary N) is 1. The van der Waals surface area contributed by atoms with E-state index < -0.39 is 23.6 Å². The second kappa shape index (κ2) is 5.22. The quantitative estimate of drug-likeness (QED) is 0.517. The fourth-order valence-corrected chi connectivity index (χ4v) is 1.91. The van der Waals surface area contributed by atoms with Crippen LogP contribution in [0.2, 0.25) is 0 Å². The average molecular weight is 288 g/mol. The number of nitrogens with zero attached hydrogens (tertiary/aromatic N) is 2. The van der Waals surface area contributed by atoms with Gasteiger partial charge in [-0.25, -0.2) is 9.82 Å². The van der Waals surface area contributed by atoms with Gasteiger partial charge in [0.25, 0.3) is 0 Å². The molecule has 4 nitrogen and oxygen atoms in total. The minimum absolute atomic E-state index is 0.207. The molecule has 2 aromatic rings. The van der Waals surface area contributed by atoms with Crippen molar-refractivity contribution in [2.45, 2.75) is 12.2 Å². The summed E-state index contributed by atoms with van der Waals surface area (Å²) < 4.78 is 53.6. The van der Waals surface area contributed by atoms with Crippen LogP contribution in [0, 0.1) is 5.82 Å². The highest BCUT2D eigenvalue weighted by Crippen LogP contribution is 2.34. The van der Waals surface area contributed by atoms with Crippen LogP contribution in [0.25, 0.3) is 0 Å². The van der Waals surface area contributed by atoms with Crippen molar-refractivity contribution in [2.75, 3.05) is 0 Å². The minimum atomic E-state index is -4.76. The highest BCUT2D eigenvalue weighted by atomic mass is 19.4. The highest BCUT2D eigenvalue weighted by molar-refractivity contribution is 5.34. The molecule has 0 aliphatic heterocycles. The van der Waals surface area contributed by atoms with Crippen LogP contribution in [0.15, 0.2) is 30.5 Å². The molecule has 1 aromatic heterocycles. The molecule has 1 unspecified atom stereocenters. The Kier molecular flexibility index (Phi) is 3.78. The third-order valence-electron chi connectivity index (χ3n) is 2.84. The second-order valence-electron chi connectivity index (χ2n) is 4.22. The number of hydrogen-bond donors (Lipinski definition) is 2. The van der Waals surface area contributed by atoms with E-state index >= 15 is 0 Å². The zero-order valence-corrected chi connectivity index (χ0v) is 10.4. The molecule has 1 heterocycles. The van der Waals surface area contributed by atoms with Crippen LogP contribution in [0.4, 0.5) is 17.6 Å². The van der Waals surface area contributed by atoms with Gasteiger partial charge in [-0.1, -0.05) is 12.1 Å². The average Bonchev–Trinajstić information content (AvgIpc) is 2.77. The predicted molar refractivity (Wildman–Crippen MR) is 63.8 cm³/mol. The van der Waals surface area contributed by atoms with Crippen molar-refractivity contribution < 1.29 is 17.6 Å². The van der Waals surface area contributed by atoms with Crippen LogP contribution >= 0.6 is 0 Å². The molecule has 20 heavy (non-hydrogen) atoms. The second-order valence-corrected chi connectivity index (χ2v) is 4.22. The molecule has 2 rings (SSSR count). The fraction of sp³-hybridized carbons (Fsp3) is 0.250. The van der Waals surface area contributed by atoms with Crippen molar-refractivity contribution in [1.82, 2.24) is 15.2 Å². The molecule has 0 saturated heterocycles. The van der Waals surface area contributed by atoms with E-state index in [0.717, 1.165) is 6.07 Å². The Morgan fingerprint density at radius 2 is 2.00 bits per heavy atom. The molecule has 0 radical (unpaired) electrons. The lowest BCUT2D eigenvalue weighted by Crippen LogP contribution is -2.30. The lowest BCUT2D eigenvalue weighted by Gasteiger charge is -2.17. The first-order valence-corrected chi connectivity index (χ1v) is 5.66. The van der Waals surface area contributed by atoms with E-state index in [0.29, 0.717) is 11.8 Å². The summed E-state index contributed by atoms with van der Waals surface area (Å²) in [6, 6.07) is 3.64. The molecule has 0 bridgehead atoms. The third kappa shape index (κ3) is 2.66. The van der Waals surface area contributed by atoms with Gasteiger partial charge in [0.2, 0.25) is 0 Å². The highest BCUT2D eigenvalue weighted by Gasteiger charge is 2.36. The lowest BCUT2D eigenvalue weighted by atomic mass is 10.0. The molecule has 0 saturated carbocycles. The monoisotopic (exact) mass is 288 g/mol. The Hall–Kier alpha value is -1.93. The molecule has 3 N–H and O–H groups in total. The molecule has 108 valence electrons. The maximum atomic E-state index is 14.0. The van der Waals surface area contributed by atoms with Crippen molar-refractivity contribution >= 4 is 0 Å². The summed E-state index contributed by atoms with van der Waals surface area (Å²) in [5.41, 5.74) is 1.08. The van der Waals surface area contributed by atoms with Crippen molar-refractivity contribution in [3.8, 4) is 0 Å². The summed E-state index contributed by atoms with van der Waals surface area (Å²) in [4.78, 5) is 0. The number of alkyl halides is 3. The predicted octanol–water partition coefficient (Wildman–Crippen LogP) is 2.13. The number of aryl methyl sites for hydroxylation is 1. The standard InChI is InChI=1S/C12H12F4N4/c1-20-6-5-9(19-20)11(18-17)7-3-2-4-8(10(7)13)12(14,15)16/h2-6,11,18H,17H2,1H3. The van der Waals surface area contributed by atoms with E-state index in [2.05, 4.69) is 10.5 Å². The number of hydrogen-bond acceptors (Lipinski definition) is 3. The van der Waals surface area contributed by atoms with Gasteiger partial charge in [-0.2, -0.15) is 18.3 Å². The van der Waals surface area contributed by atoms with Crippen molar-refractivity contribution in [3.63, 3.8) is 0 Å². The number of aromatic nitrogens is 2. The van der Waals surface area contributed by atoms with Crippen LogP contribution in [-0.4, -0.2) is 9.78 Å². The van der Waals surface area contributed by atoms with E-state index in [-0.39, 0.29) is 5.56 Å². The number of nitrogens with two attached hydrogens (primary N) is 1. The first-order chi connectivity index (χ1) is 9.34. The van der Waals surface area contributed by atoms with Gasteiger partial charge in [0.05, 0.1) is 17.3 Å². The summed E-state index contributed by atoms with van der Waals surface area (Å²) in [6.45, 7) is 0. The molecule has 0 aliphatic carbocycles. The van der Waals surface area contributed by atoms with Crippen molar-refractivity contribution in [3.05, 3.63) is 53.1 Å². The number of halogens is 4. The number of rotatable bonds is 3. The molecule has 0 amide bonds. The summed E-state index contributed by atoms with van der Waals surface area (Å²) in [5, 5.41) is 4.02. The van der Waals surface area contributed by atoms with E-state index in [1.807, 2.05) is 0 Å². The number of hydrazine groups is 1. The molecule has 1 atom stereocenters. The topological polar surface area (TPSA) is 55.9 Å². The maximum Gasteiger partial charge on any atom is 0.419 e. The Bertz CT molecular complexity index is 606. The van der Waals surface area contributed by atoms with Crippen molar-refractivity contribution in [2.24, 2.45) is 12.9 Å². The van der Waals surface area contributed by atoms with Gasteiger partial charge in [-0.05, 0) is 12.1 Å². The Morgan fingerprint density at radius 3 is 2.50 bits per heavy atom. The fourth-order valence-electron chi connectivity index (χ4n) is 1.91. The van der Waals surface area contributed by atoms with Crippen LogP contribution < -0.4 is 11.3 Å². The third-order valence-corrected chi connectivity index (χ3v) is 2.84. The molecule has 8 heteroatoms. The van der Waals surface area contributed by atoms with E-state index in [4.69, 9.17) is 5.84 Å². The summed E-state index contributed by atoms with van der Waals surface area (Å²) in [6.07, 6.45) is -3.17. The largest absolute Gasteiger partial charge is 0.419 e. The van der Waals surface area contributed by atoms with E-state index in [9.17, 15) is 17.6 Å². The maximum absolute atomic E-state index is 14.0. The van der Waals surface area contributed by atoms with Crippen LogP contribution in [-0.2, 0) is 13.2 Å². The van der Waals surface area contributed by atoms with Crippen LogP contribution in [0.5, 0.6) is 0 Å². The Balaban J connectivity index is 2.51. The molecule has 0 aliphatic rings. The number of benzene rings is 1. The lowest BCUT2D eigenvalue weighted by molar-refractivity contribution is -0.140. The van der Waals surface area contributed by atoms with Gasteiger partial charge in [0.15, 0.2) is 0 Å². The van der Waals surface area contributed by atoms with Crippen LogP contribution in [0.1, 0.15) is 22.9 Å². The molecule has 1 aromatic carbocycles. The minimum Gasteiger partial charge on any atom is -0.275 e. The summed E-state index contributed by atoms with van der Waals surface area (Å²) in [7, 11) is 1.64. The van der Waals surface area contributed by atoms with Gasteiger partial charge in [-0.15, -0.1) is 0 Å². The zero-order valence-electron chi connectivity index (χ0n) is 10.4. The van der Waals surface area contributed by atoms with Gasteiger partial charge in [0.1, 0.15) is 5.82 Å². The molecular formula is C12H12F4N4. The summed E-state index contributed by atoms with van der Waals surface area (Å²) in [5.74, 6) is 3.97. The first-order valence-electron chi connectivity index (χ1n) is 5.66. The SMILES string of the molecule is Cn1ccc(C(NN)c2cccc(C(F)(F)F)c2F)n1. The van der Waals surface area contributed by atoms with E-state index in [1.54, 1.807) is 19.3 Å². The van der Waals surface area contributed by atoms with E-state index in [1.165, 1.54) is 10.7 Å². The van der Waals surface area contributed by atoms with Gasteiger partial charge in [-0.3, -0.25) is 10.5 Å². The van der Waals surface area contributed by atoms with Gasteiger partial charge < -0.3 is 0 Å². The molecule has 0 fully saturated rings. The van der Waals surface area contributed by atoms with Gasteiger partial charge >= 0.3 is 6.18 Å². The van der Waals surface area contributed by atoms with Crippen LogP contribution in [0.3, 0.4) is 0 Å². The Labute approximate surface area is 112 Å². The zero-order chi connectivity index (χ0) is 14.9. The molecular weight excluding hydrogens is 276 g/mol. The first kappa shape index (κ1) is 14.5. The summed E-state index contributed by atoms with van der Waals surface area (Å²) >= 11 is 0. The Morgan fingerprint density at radius 1 is 1.30 bits per heavy atom. The van der Waals surface area contributed by atoms with Gasteiger partial charge in [0, 0.05) is 18.8 Å². The molecule has 0 spiro atoms.